The van der Waals surface area contributed by atoms with Crippen LogP contribution in [0.2, 0.25) is 0 Å². The second kappa shape index (κ2) is 5.54. The van der Waals surface area contributed by atoms with E-state index in [1.807, 2.05) is 52.0 Å². The summed E-state index contributed by atoms with van der Waals surface area (Å²) in [6, 6.07) is 7.97. The molecule has 0 aromatic heterocycles. The van der Waals surface area contributed by atoms with Crippen molar-refractivity contribution in [1.29, 1.82) is 0 Å². The molecule has 2 nitrogen and oxygen atoms in total. The zero-order valence-corrected chi connectivity index (χ0v) is 11.7. The highest BCUT2D eigenvalue weighted by Gasteiger charge is 2.31. The Balaban J connectivity index is 3.00. The number of aryl methyl sites for hydroxylation is 1. The van der Waals surface area contributed by atoms with Gasteiger partial charge >= 0.3 is 0 Å². The molecule has 0 aliphatic carbocycles. The van der Waals surface area contributed by atoms with E-state index in [4.69, 9.17) is 11.6 Å². The van der Waals surface area contributed by atoms with Gasteiger partial charge in [0.2, 0.25) is 5.91 Å². The van der Waals surface area contributed by atoms with Crippen molar-refractivity contribution in [2.75, 3.05) is 17.3 Å². The zero-order valence-electron chi connectivity index (χ0n) is 11.0. The quantitative estimate of drug-likeness (QED) is 0.751. The van der Waals surface area contributed by atoms with Crippen molar-refractivity contribution < 1.29 is 4.79 Å². The zero-order chi connectivity index (χ0) is 13.1. The first-order valence-electron chi connectivity index (χ1n) is 5.87. The van der Waals surface area contributed by atoms with Gasteiger partial charge in [0.15, 0.2) is 0 Å². The van der Waals surface area contributed by atoms with E-state index in [9.17, 15) is 4.79 Å². The van der Waals surface area contributed by atoms with Crippen molar-refractivity contribution >= 4 is 23.2 Å². The number of rotatable bonds is 4. The minimum absolute atomic E-state index is 0.0684. The number of anilines is 1. The van der Waals surface area contributed by atoms with Gasteiger partial charge in [0.1, 0.15) is 0 Å². The molecule has 3 heteroatoms. The minimum Gasteiger partial charge on any atom is -0.312 e. The number of nitrogens with zero attached hydrogens (tertiary/aromatic N) is 1. The highest BCUT2D eigenvalue weighted by Crippen LogP contribution is 2.25. The molecule has 17 heavy (non-hydrogen) atoms. The highest BCUT2D eigenvalue weighted by atomic mass is 35.5. The van der Waals surface area contributed by atoms with Gasteiger partial charge in [-0.05, 0) is 39.8 Å². The summed E-state index contributed by atoms with van der Waals surface area (Å²) < 4.78 is 0. The molecule has 0 bridgehead atoms. The number of amides is 1. The van der Waals surface area contributed by atoms with Crippen molar-refractivity contribution in [1.82, 2.24) is 0 Å². The molecule has 0 spiro atoms. The van der Waals surface area contributed by atoms with E-state index in [2.05, 4.69) is 0 Å². The molecule has 1 rings (SSSR count). The van der Waals surface area contributed by atoms with E-state index in [0.29, 0.717) is 12.4 Å². The van der Waals surface area contributed by atoms with E-state index in [1.54, 1.807) is 4.90 Å². The Hall–Kier alpha value is -1.02. The Morgan fingerprint density at radius 1 is 1.29 bits per heavy atom. The van der Waals surface area contributed by atoms with E-state index in [-0.39, 0.29) is 5.91 Å². The lowest BCUT2D eigenvalue weighted by molar-refractivity contribution is -0.125. The van der Waals surface area contributed by atoms with Gasteiger partial charge in [-0.15, -0.1) is 11.6 Å². The smallest absolute Gasteiger partial charge is 0.233 e. The minimum atomic E-state index is -0.525. The summed E-state index contributed by atoms with van der Waals surface area (Å²) in [6.45, 7) is 8.41. The molecule has 94 valence electrons. The Labute approximate surface area is 109 Å². The Morgan fingerprint density at radius 2 is 1.82 bits per heavy atom. The Kier molecular flexibility index (Phi) is 4.58. The fourth-order valence-corrected chi connectivity index (χ4v) is 1.70. The molecule has 0 aliphatic rings. The number of hydrogen-bond acceptors (Lipinski definition) is 1. The molecule has 0 fully saturated rings. The molecular formula is C14H20ClNO. The number of halogens is 1. The second-order valence-electron chi connectivity index (χ2n) is 4.90. The Morgan fingerprint density at radius 3 is 2.24 bits per heavy atom. The monoisotopic (exact) mass is 253 g/mol. The maximum Gasteiger partial charge on any atom is 0.233 e. The van der Waals surface area contributed by atoms with Crippen molar-refractivity contribution in [2.24, 2.45) is 5.41 Å². The fourth-order valence-electron chi connectivity index (χ4n) is 1.59. The van der Waals surface area contributed by atoms with Crippen LogP contribution < -0.4 is 4.90 Å². The van der Waals surface area contributed by atoms with Crippen molar-refractivity contribution in [3.05, 3.63) is 29.8 Å². The SMILES string of the molecule is CCN(C(=O)C(C)(C)CCl)c1ccc(C)cc1. The van der Waals surface area contributed by atoms with Gasteiger partial charge in [0, 0.05) is 18.1 Å². The van der Waals surface area contributed by atoms with Crippen molar-refractivity contribution in [3.63, 3.8) is 0 Å². The molecule has 1 aromatic rings. The van der Waals surface area contributed by atoms with Crippen LogP contribution in [0.4, 0.5) is 5.69 Å². The van der Waals surface area contributed by atoms with E-state index in [1.165, 1.54) is 5.56 Å². The topological polar surface area (TPSA) is 20.3 Å². The van der Waals surface area contributed by atoms with Crippen LogP contribution >= 0.6 is 11.6 Å². The van der Waals surface area contributed by atoms with Crippen molar-refractivity contribution in [3.8, 4) is 0 Å². The van der Waals surface area contributed by atoms with Crippen LogP contribution in [-0.4, -0.2) is 18.3 Å². The summed E-state index contributed by atoms with van der Waals surface area (Å²) in [6.07, 6.45) is 0. The summed E-state index contributed by atoms with van der Waals surface area (Å²) in [5.41, 5.74) is 1.60. The van der Waals surface area contributed by atoms with E-state index >= 15 is 0 Å². The summed E-state index contributed by atoms with van der Waals surface area (Å²) in [5, 5.41) is 0. The summed E-state index contributed by atoms with van der Waals surface area (Å²) in [4.78, 5) is 14.1. The number of carbonyl (C=O) groups is 1. The summed E-state index contributed by atoms with van der Waals surface area (Å²) in [5.74, 6) is 0.396. The molecule has 1 aromatic carbocycles. The molecule has 1 amide bonds. The molecular weight excluding hydrogens is 234 g/mol. The lowest BCUT2D eigenvalue weighted by Crippen LogP contribution is -2.42. The number of benzene rings is 1. The molecule has 0 aliphatic heterocycles. The lowest BCUT2D eigenvalue weighted by atomic mass is 9.94. The third kappa shape index (κ3) is 3.22. The van der Waals surface area contributed by atoms with Crippen LogP contribution in [0.15, 0.2) is 24.3 Å². The number of hydrogen-bond donors (Lipinski definition) is 0. The first-order chi connectivity index (χ1) is 7.92. The first-order valence-corrected chi connectivity index (χ1v) is 6.40. The maximum atomic E-state index is 12.4. The van der Waals surface area contributed by atoms with Gasteiger partial charge in [0.05, 0.1) is 5.41 Å². The normalized spacial score (nSPS) is 11.4. The molecule has 0 heterocycles. The maximum absolute atomic E-state index is 12.4. The average Bonchev–Trinajstić information content (AvgIpc) is 2.32. The highest BCUT2D eigenvalue weighted by molar-refractivity contribution is 6.20. The van der Waals surface area contributed by atoms with Crippen molar-refractivity contribution in [2.45, 2.75) is 27.7 Å². The average molecular weight is 254 g/mol. The van der Waals surface area contributed by atoms with Crippen LogP contribution in [0.5, 0.6) is 0 Å². The Bertz CT molecular complexity index is 384. The molecule has 0 saturated carbocycles. The first kappa shape index (κ1) is 14.0. The predicted molar refractivity (Wildman–Crippen MR) is 73.7 cm³/mol. The molecule has 0 saturated heterocycles. The van der Waals surface area contributed by atoms with Crippen LogP contribution in [0.1, 0.15) is 26.3 Å². The third-order valence-corrected chi connectivity index (χ3v) is 3.49. The standard InChI is InChI=1S/C14H20ClNO/c1-5-16(13(17)14(3,4)10-15)12-8-6-11(2)7-9-12/h6-9H,5,10H2,1-4H3. The lowest BCUT2D eigenvalue weighted by Gasteiger charge is -2.30. The van der Waals surface area contributed by atoms with Crippen LogP contribution in [0.25, 0.3) is 0 Å². The molecule has 0 N–H and O–H groups in total. The molecule has 0 radical (unpaired) electrons. The predicted octanol–water partition coefficient (Wildman–Crippen LogP) is 3.61. The molecule has 0 unspecified atom stereocenters. The van der Waals surface area contributed by atoms with Gasteiger partial charge in [-0.1, -0.05) is 17.7 Å². The largest absolute Gasteiger partial charge is 0.312 e. The summed E-state index contributed by atoms with van der Waals surface area (Å²) >= 11 is 5.85. The fraction of sp³-hybridized carbons (Fsp3) is 0.500. The number of alkyl halides is 1. The van der Waals surface area contributed by atoms with Crippen LogP contribution in [-0.2, 0) is 4.79 Å². The van der Waals surface area contributed by atoms with Gasteiger partial charge in [-0.25, -0.2) is 0 Å². The van der Waals surface area contributed by atoms with Gasteiger partial charge in [-0.3, -0.25) is 4.79 Å². The second-order valence-corrected chi connectivity index (χ2v) is 5.17. The summed E-state index contributed by atoms with van der Waals surface area (Å²) in [7, 11) is 0. The van der Waals surface area contributed by atoms with Gasteiger partial charge < -0.3 is 4.90 Å². The van der Waals surface area contributed by atoms with Crippen LogP contribution in [0, 0.1) is 12.3 Å². The van der Waals surface area contributed by atoms with Crippen LogP contribution in [0.3, 0.4) is 0 Å². The number of carbonyl (C=O) groups excluding carboxylic acids is 1. The van der Waals surface area contributed by atoms with E-state index in [0.717, 1.165) is 5.69 Å². The van der Waals surface area contributed by atoms with Gasteiger partial charge in [0.25, 0.3) is 0 Å². The van der Waals surface area contributed by atoms with Gasteiger partial charge in [-0.2, -0.15) is 0 Å². The van der Waals surface area contributed by atoms with E-state index < -0.39 is 5.41 Å². The molecule has 0 atom stereocenters. The third-order valence-electron chi connectivity index (χ3n) is 2.82.